The van der Waals surface area contributed by atoms with Crippen molar-refractivity contribution in [2.75, 3.05) is 38.6 Å². The molecule has 5 heterocycles. The molecule has 0 spiro atoms. The van der Waals surface area contributed by atoms with Crippen molar-refractivity contribution in [1.82, 2.24) is 14.8 Å². The predicted octanol–water partition coefficient (Wildman–Crippen LogP) is 4.45. The van der Waals surface area contributed by atoms with Crippen LogP contribution in [0.2, 0.25) is 0 Å². The third-order valence-corrected chi connectivity index (χ3v) is 9.54. The molecule has 2 amide bonds. The van der Waals surface area contributed by atoms with Gasteiger partial charge in [0.1, 0.15) is 28.7 Å². The molecule has 2 aromatic heterocycles. The number of carboxylic acid groups (broad SMARTS) is 1. The van der Waals surface area contributed by atoms with Crippen LogP contribution in [0.25, 0.3) is 10.8 Å². The van der Waals surface area contributed by atoms with Crippen molar-refractivity contribution < 1.29 is 33.4 Å². The molecule has 11 nitrogen and oxygen atoms in total. The molecule has 0 aliphatic carbocycles. The zero-order chi connectivity index (χ0) is 30.0. The number of methoxy groups -OCH3 is 1. The monoisotopic (exact) mass is 596 g/mol. The minimum atomic E-state index is -1.77. The summed E-state index contributed by atoms with van der Waals surface area (Å²) >= 11 is 1.25. The Balaban J connectivity index is 1.50. The first kappa shape index (κ1) is 29.7. The van der Waals surface area contributed by atoms with Crippen LogP contribution in [0.5, 0.6) is 5.75 Å². The molecule has 2 bridgehead atoms. The Hall–Kier alpha value is -3.74. The summed E-state index contributed by atoms with van der Waals surface area (Å²) in [5.74, 6) is -0.553. The summed E-state index contributed by atoms with van der Waals surface area (Å²) in [4.78, 5) is 45.9. The molecule has 2 N–H and O–H groups in total. The number of carbonyl (C=O) groups excluding carboxylic acids is 2. The summed E-state index contributed by atoms with van der Waals surface area (Å²) in [6, 6.07) is 7.70. The first-order valence-electron chi connectivity index (χ1n) is 14.0. The van der Waals surface area contributed by atoms with E-state index >= 15 is 0 Å². The first-order chi connectivity index (χ1) is 20.1. The SMILES string of the molecule is COc1ccccc1C(CNc1sc(-c2ncco2)c(C)c1C(=O)N(C=O)C(C)(C)C(=O)O)OC1CN2CCC1CC2. The van der Waals surface area contributed by atoms with Gasteiger partial charge in [-0.3, -0.25) is 14.5 Å². The molecule has 0 saturated carbocycles. The summed E-state index contributed by atoms with van der Waals surface area (Å²) in [6.45, 7) is 7.68. The number of imide groups is 1. The van der Waals surface area contributed by atoms with Gasteiger partial charge >= 0.3 is 5.97 Å². The number of ether oxygens (including phenoxy) is 2. The maximum absolute atomic E-state index is 13.9. The molecular formula is C30H36N4O7S. The van der Waals surface area contributed by atoms with Crippen LogP contribution < -0.4 is 10.1 Å². The third-order valence-electron chi connectivity index (χ3n) is 8.31. The number of nitrogens with one attached hydrogen (secondary N) is 1. The van der Waals surface area contributed by atoms with Gasteiger partial charge in [-0.25, -0.2) is 9.78 Å². The number of hydrogen-bond acceptors (Lipinski definition) is 10. The van der Waals surface area contributed by atoms with Crippen molar-refractivity contribution in [3.05, 3.63) is 53.4 Å². The number of hydrogen-bond donors (Lipinski definition) is 2. The molecule has 1 aromatic carbocycles. The summed E-state index contributed by atoms with van der Waals surface area (Å²) in [5, 5.41) is 13.6. The largest absolute Gasteiger partial charge is 0.496 e. The predicted molar refractivity (Wildman–Crippen MR) is 157 cm³/mol. The summed E-state index contributed by atoms with van der Waals surface area (Å²) < 4.78 is 18.0. The summed E-state index contributed by atoms with van der Waals surface area (Å²) in [5.41, 5.74) is -0.197. The number of para-hydroxylation sites is 1. The number of aliphatic carboxylic acids is 1. The fourth-order valence-corrected chi connectivity index (χ4v) is 6.86. The van der Waals surface area contributed by atoms with Crippen LogP contribution in [0.15, 0.2) is 41.1 Å². The standard InChI is InChI=1S/C30H36N4O7S/c1-18-24(28(36)34(17-35)30(2,3)29(37)38)27(42-25(18)26-31-11-14-40-26)32-15-22(20-7-5-6-8-21(20)39-4)41-23-16-33-12-9-19(23)10-13-33/h5-8,11,14,17,19,22-23,32H,9-10,12-13,15-16H2,1-4H3,(H,37,38). The highest BCUT2D eigenvalue weighted by atomic mass is 32.1. The number of oxazole rings is 1. The van der Waals surface area contributed by atoms with E-state index in [1.807, 2.05) is 24.3 Å². The normalized spacial score (nSPS) is 20.6. The topological polar surface area (TPSA) is 134 Å². The van der Waals surface area contributed by atoms with Crippen LogP contribution in [0.1, 0.15) is 54.3 Å². The van der Waals surface area contributed by atoms with Gasteiger partial charge in [0.25, 0.3) is 5.91 Å². The van der Waals surface area contributed by atoms with Crippen molar-refractivity contribution in [2.24, 2.45) is 5.92 Å². The molecule has 6 rings (SSSR count). The number of carbonyl (C=O) groups is 3. The van der Waals surface area contributed by atoms with Gasteiger partial charge in [0.2, 0.25) is 12.3 Å². The molecule has 3 aliphatic rings. The van der Waals surface area contributed by atoms with E-state index in [9.17, 15) is 19.5 Å². The molecule has 12 heteroatoms. The second-order valence-corrected chi connectivity index (χ2v) is 12.2. The van der Waals surface area contributed by atoms with Crippen LogP contribution in [0, 0.1) is 12.8 Å². The maximum Gasteiger partial charge on any atom is 0.329 e. The van der Waals surface area contributed by atoms with E-state index in [2.05, 4.69) is 15.2 Å². The van der Waals surface area contributed by atoms with Gasteiger partial charge in [-0.05, 0) is 64.3 Å². The van der Waals surface area contributed by atoms with E-state index in [0.29, 0.717) is 37.9 Å². The lowest BCUT2D eigenvalue weighted by atomic mass is 9.85. The average Bonchev–Trinajstić information content (AvgIpc) is 3.63. The van der Waals surface area contributed by atoms with E-state index < -0.39 is 23.5 Å². The number of rotatable bonds is 12. The molecule has 3 saturated heterocycles. The van der Waals surface area contributed by atoms with Gasteiger partial charge in [-0.2, -0.15) is 0 Å². The van der Waals surface area contributed by atoms with Crippen LogP contribution in [0.4, 0.5) is 5.00 Å². The van der Waals surface area contributed by atoms with Gasteiger partial charge in [0.05, 0.1) is 29.9 Å². The Labute approximate surface area is 248 Å². The number of piperidine rings is 3. The Bertz CT molecular complexity index is 1430. The number of carboxylic acids is 1. The van der Waals surface area contributed by atoms with Crippen LogP contribution in [-0.4, -0.2) is 83.1 Å². The van der Waals surface area contributed by atoms with Gasteiger partial charge in [-0.15, -0.1) is 11.3 Å². The smallest absolute Gasteiger partial charge is 0.329 e. The van der Waals surface area contributed by atoms with Crippen LogP contribution >= 0.6 is 11.3 Å². The number of anilines is 1. The van der Waals surface area contributed by atoms with Crippen molar-refractivity contribution in [3.63, 3.8) is 0 Å². The minimum absolute atomic E-state index is 0.0557. The molecule has 0 radical (unpaired) electrons. The first-order valence-corrected chi connectivity index (χ1v) is 14.8. The van der Waals surface area contributed by atoms with E-state index in [1.165, 1.54) is 37.6 Å². The molecular weight excluding hydrogens is 560 g/mol. The van der Waals surface area contributed by atoms with Crippen LogP contribution in [-0.2, 0) is 14.3 Å². The quantitative estimate of drug-likeness (QED) is 0.289. The van der Waals surface area contributed by atoms with E-state index in [1.54, 1.807) is 14.0 Å². The maximum atomic E-state index is 13.9. The van der Waals surface area contributed by atoms with Crippen molar-refractivity contribution in [2.45, 2.75) is 51.4 Å². The highest BCUT2D eigenvalue weighted by molar-refractivity contribution is 7.20. The third kappa shape index (κ3) is 5.66. The fourth-order valence-electron chi connectivity index (χ4n) is 5.72. The molecule has 224 valence electrons. The Morgan fingerprint density at radius 1 is 1.31 bits per heavy atom. The van der Waals surface area contributed by atoms with Crippen LogP contribution in [0.3, 0.4) is 0 Å². The molecule has 3 aliphatic heterocycles. The second-order valence-electron chi connectivity index (χ2n) is 11.2. The zero-order valence-electron chi connectivity index (χ0n) is 24.2. The molecule has 3 aromatic rings. The second kappa shape index (κ2) is 12.2. The molecule has 2 unspecified atom stereocenters. The summed E-state index contributed by atoms with van der Waals surface area (Å²) in [7, 11) is 1.62. The van der Waals surface area contributed by atoms with Crippen molar-refractivity contribution >= 4 is 34.6 Å². The van der Waals surface area contributed by atoms with Gasteiger partial charge < -0.3 is 29.2 Å². The average molecular weight is 597 g/mol. The van der Waals surface area contributed by atoms with E-state index in [4.69, 9.17) is 13.9 Å². The molecule has 3 fully saturated rings. The van der Waals surface area contributed by atoms with Gasteiger partial charge in [-0.1, -0.05) is 18.2 Å². The number of aromatic nitrogens is 1. The number of fused-ring (bicyclic) bond motifs is 3. The lowest BCUT2D eigenvalue weighted by molar-refractivity contribution is -0.150. The lowest BCUT2D eigenvalue weighted by Crippen LogP contribution is -2.52. The Morgan fingerprint density at radius 2 is 2.05 bits per heavy atom. The number of nitrogens with zero attached hydrogens (tertiary/aromatic N) is 3. The molecule has 2 atom stereocenters. The van der Waals surface area contributed by atoms with E-state index in [-0.39, 0.29) is 24.6 Å². The minimum Gasteiger partial charge on any atom is -0.496 e. The van der Waals surface area contributed by atoms with Gasteiger partial charge in [0, 0.05) is 18.7 Å². The van der Waals surface area contributed by atoms with E-state index in [0.717, 1.165) is 38.0 Å². The van der Waals surface area contributed by atoms with Crippen molar-refractivity contribution in [3.8, 4) is 16.5 Å². The highest BCUT2D eigenvalue weighted by Crippen LogP contribution is 2.42. The number of thiophene rings is 1. The highest BCUT2D eigenvalue weighted by Gasteiger charge is 2.41. The number of amides is 2. The molecule has 42 heavy (non-hydrogen) atoms. The Kier molecular flexibility index (Phi) is 8.67. The Morgan fingerprint density at radius 3 is 2.64 bits per heavy atom. The van der Waals surface area contributed by atoms with Crippen molar-refractivity contribution in [1.29, 1.82) is 0 Å². The van der Waals surface area contributed by atoms with Gasteiger partial charge in [0.15, 0.2) is 0 Å². The number of benzene rings is 1. The lowest BCUT2D eigenvalue weighted by Gasteiger charge is -2.45. The fraction of sp³-hybridized carbons (Fsp3) is 0.467. The zero-order valence-corrected chi connectivity index (χ0v) is 25.0. The summed E-state index contributed by atoms with van der Waals surface area (Å²) in [6.07, 6.45) is 5.04.